The van der Waals surface area contributed by atoms with Crippen LogP contribution >= 0.6 is 0 Å². The van der Waals surface area contributed by atoms with Crippen molar-refractivity contribution in [2.75, 3.05) is 19.0 Å². The first kappa shape index (κ1) is 13.9. The summed E-state index contributed by atoms with van der Waals surface area (Å²) in [5.74, 6) is 0.547. The zero-order valence-corrected chi connectivity index (χ0v) is 11.5. The van der Waals surface area contributed by atoms with Crippen LogP contribution in [0, 0.1) is 5.41 Å². The number of anilines is 1. The molecule has 0 atom stereocenters. The van der Waals surface area contributed by atoms with Gasteiger partial charge in [0.25, 0.3) is 0 Å². The van der Waals surface area contributed by atoms with Crippen molar-refractivity contribution < 1.29 is 14.6 Å². The molecular weight excluding hydrogens is 242 g/mol. The highest BCUT2D eigenvalue weighted by molar-refractivity contribution is 5.97. The molecule has 1 saturated carbocycles. The van der Waals surface area contributed by atoms with E-state index >= 15 is 0 Å². The topological polar surface area (TPSA) is 58.6 Å². The number of carbonyl (C=O) groups excluding carboxylic acids is 1. The Morgan fingerprint density at radius 3 is 2.68 bits per heavy atom. The van der Waals surface area contributed by atoms with Gasteiger partial charge in [0.15, 0.2) is 0 Å². The fourth-order valence-electron chi connectivity index (χ4n) is 2.39. The SMILES string of the molecule is CCc1ccc(OC)c(NC(=O)C2(CO)CCC2)c1. The Morgan fingerprint density at radius 2 is 2.21 bits per heavy atom. The molecule has 19 heavy (non-hydrogen) atoms. The molecule has 0 heterocycles. The fourth-order valence-corrected chi connectivity index (χ4v) is 2.39. The highest BCUT2D eigenvalue weighted by Crippen LogP contribution is 2.42. The van der Waals surface area contributed by atoms with Crippen LogP contribution < -0.4 is 10.1 Å². The van der Waals surface area contributed by atoms with Gasteiger partial charge in [0.1, 0.15) is 5.75 Å². The molecule has 1 aromatic carbocycles. The van der Waals surface area contributed by atoms with Crippen LogP contribution in [-0.4, -0.2) is 24.7 Å². The lowest BCUT2D eigenvalue weighted by atomic mass is 9.68. The predicted molar refractivity (Wildman–Crippen MR) is 74.4 cm³/mol. The summed E-state index contributed by atoms with van der Waals surface area (Å²) in [6.45, 7) is 1.98. The average Bonchev–Trinajstić information content (AvgIpc) is 2.38. The summed E-state index contributed by atoms with van der Waals surface area (Å²) in [5, 5.41) is 12.3. The number of carbonyl (C=O) groups is 1. The molecule has 0 saturated heterocycles. The summed E-state index contributed by atoms with van der Waals surface area (Å²) in [6.07, 6.45) is 3.41. The van der Waals surface area contributed by atoms with Gasteiger partial charge < -0.3 is 15.2 Å². The standard InChI is InChI=1S/C15H21NO3/c1-3-11-5-6-13(19-2)12(9-11)16-14(18)15(10-17)7-4-8-15/h5-6,9,17H,3-4,7-8,10H2,1-2H3,(H,16,18). The zero-order valence-electron chi connectivity index (χ0n) is 11.5. The second-order valence-electron chi connectivity index (χ2n) is 5.13. The number of hydrogen-bond donors (Lipinski definition) is 2. The van der Waals surface area contributed by atoms with Gasteiger partial charge in [-0.3, -0.25) is 4.79 Å². The predicted octanol–water partition coefficient (Wildman–Crippen LogP) is 2.36. The molecule has 1 aliphatic carbocycles. The van der Waals surface area contributed by atoms with Gasteiger partial charge in [-0.25, -0.2) is 0 Å². The molecule has 0 bridgehead atoms. The fraction of sp³-hybridized carbons (Fsp3) is 0.533. The van der Waals surface area contributed by atoms with Crippen molar-refractivity contribution in [2.24, 2.45) is 5.41 Å². The zero-order chi connectivity index (χ0) is 13.9. The summed E-state index contributed by atoms with van der Waals surface area (Å²) >= 11 is 0. The number of hydrogen-bond acceptors (Lipinski definition) is 3. The molecule has 0 spiro atoms. The lowest BCUT2D eigenvalue weighted by molar-refractivity contribution is -0.133. The normalized spacial score (nSPS) is 16.6. The molecule has 1 fully saturated rings. The summed E-state index contributed by atoms with van der Waals surface area (Å²) in [6, 6.07) is 5.78. The van der Waals surface area contributed by atoms with Crippen LogP contribution in [0.2, 0.25) is 0 Å². The van der Waals surface area contributed by atoms with Crippen molar-refractivity contribution in [2.45, 2.75) is 32.6 Å². The Balaban J connectivity index is 2.19. The number of methoxy groups -OCH3 is 1. The molecular formula is C15H21NO3. The van der Waals surface area contributed by atoms with E-state index in [1.54, 1.807) is 7.11 Å². The van der Waals surface area contributed by atoms with E-state index in [1.165, 1.54) is 0 Å². The van der Waals surface area contributed by atoms with E-state index in [-0.39, 0.29) is 12.5 Å². The highest BCUT2D eigenvalue weighted by Gasteiger charge is 2.43. The average molecular weight is 263 g/mol. The molecule has 0 aliphatic heterocycles. The number of nitrogens with one attached hydrogen (secondary N) is 1. The van der Waals surface area contributed by atoms with Crippen molar-refractivity contribution >= 4 is 11.6 Å². The smallest absolute Gasteiger partial charge is 0.233 e. The van der Waals surface area contributed by atoms with Crippen LogP contribution in [0.3, 0.4) is 0 Å². The van der Waals surface area contributed by atoms with Crippen molar-refractivity contribution in [3.8, 4) is 5.75 Å². The maximum absolute atomic E-state index is 12.3. The number of amides is 1. The molecule has 1 aromatic rings. The minimum atomic E-state index is -0.590. The molecule has 0 aromatic heterocycles. The van der Waals surface area contributed by atoms with Gasteiger partial charge in [0, 0.05) is 0 Å². The Hall–Kier alpha value is -1.55. The lowest BCUT2D eigenvalue weighted by Gasteiger charge is -2.38. The second-order valence-corrected chi connectivity index (χ2v) is 5.13. The molecule has 1 amide bonds. The number of aliphatic hydroxyl groups is 1. The quantitative estimate of drug-likeness (QED) is 0.857. The van der Waals surface area contributed by atoms with E-state index in [1.807, 2.05) is 18.2 Å². The van der Waals surface area contributed by atoms with Gasteiger partial charge in [-0.2, -0.15) is 0 Å². The molecule has 4 nitrogen and oxygen atoms in total. The third-order valence-electron chi connectivity index (χ3n) is 4.02. The monoisotopic (exact) mass is 263 g/mol. The Bertz CT molecular complexity index is 461. The number of rotatable bonds is 5. The molecule has 2 N–H and O–H groups in total. The van der Waals surface area contributed by atoms with Gasteiger partial charge in [0.2, 0.25) is 5.91 Å². The van der Waals surface area contributed by atoms with Crippen LogP contribution in [0.15, 0.2) is 18.2 Å². The van der Waals surface area contributed by atoms with Crippen LogP contribution in [-0.2, 0) is 11.2 Å². The summed E-state index contributed by atoms with van der Waals surface area (Å²) < 4.78 is 5.27. The lowest BCUT2D eigenvalue weighted by Crippen LogP contribution is -2.44. The maximum Gasteiger partial charge on any atom is 0.233 e. The van der Waals surface area contributed by atoms with Crippen LogP contribution in [0.4, 0.5) is 5.69 Å². The highest BCUT2D eigenvalue weighted by atomic mass is 16.5. The van der Waals surface area contributed by atoms with Crippen LogP contribution in [0.25, 0.3) is 0 Å². The first-order valence-corrected chi connectivity index (χ1v) is 6.74. The molecule has 1 aliphatic rings. The van der Waals surface area contributed by atoms with Gasteiger partial charge in [-0.05, 0) is 37.0 Å². The van der Waals surface area contributed by atoms with E-state index in [0.717, 1.165) is 31.2 Å². The third-order valence-corrected chi connectivity index (χ3v) is 4.02. The summed E-state index contributed by atoms with van der Waals surface area (Å²) in [7, 11) is 1.59. The van der Waals surface area contributed by atoms with E-state index < -0.39 is 5.41 Å². The largest absolute Gasteiger partial charge is 0.495 e. The van der Waals surface area contributed by atoms with Crippen LogP contribution in [0.5, 0.6) is 5.75 Å². The van der Waals surface area contributed by atoms with Gasteiger partial charge >= 0.3 is 0 Å². The van der Waals surface area contributed by atoms with Gasteiger partial charge in [0.05, 0.1) is 24.8 Å². The first-order valence-electron chi connectivity index (χ1n) is 6.74. The molecule has 0 radical (unpaired) electrons. The maximum atomic E-state index is 12.3. The van der Waals surface area contributed by atoms with Crippen molar-refractivity contribution in [3.05, 3.63) is 23.8 Å². The Labute approximate surface area is 113 Å². The number of aliphatic hydroxyl groups excluding tert-OH is 1. The minimum Gasteiger partial charge on any atom is -0.495 e. The number of aryl methyl sites for hydroxylation is 1. The summed E-state index contributed by atoms with van der Waals surface area (Å²) in [4.78, 5) is 12.3. The second kappa shape index (κ2) is 5.61. The third kappa shape index (κ3) is 2.59. The Kier molecular flexibility index (Phi) is 4.10. The van der Waals surface area contributed by atoms with Gasteiger partial charge in [-0.15, -0.1) is 0 Å². The van der Waals surface area contributed by atoms with Crippen molar-refractivity contribution in [3.63, 3.8) is 0 Å². The van der Waals surface area contributed by atoms with Gasteiger partial charge in [-0.1, -0.05) is 19.4 Å². The first-order chi connectivity index (χ1) is 9.15. The van der Waals surface area contributed by atoms with Crippen molar-refractivity contribution in [1.29, 1.82) is 0 Å². The number of ether oxygens (including phenoxy) is 1. The molecule has 0 unspecified atom stereocenters. The van der Waals surface area contributed by atoms with Crippen molar-refractivity contribution in [1.82, 2.24) is 0 Å². The number of benzene rings is 1. The molecule has 104 valence electrons. The van der Waals surface area contributed by atoms with E-state index in [4.69, 9.17) is 4.74 Å². The summed E-state index contributed by atoms with van der Waals surface area (Å²) in [5.41, 5.74) is 1.24. The molecule has 4 heteroatoms. The van der Waals surface area contributed by atoms with E-state index in [2.05, 4.69) is 12.2 Å². The van der Waals surface area contributed by atoms with Crippen LogP contribution in [0.1, 0.15) is 31.7 Å². The molecule has 2 rings (SSSR count). The van der Waals surface area contributed by atoms with E-state index in [9.17, 15) is 9.90 Å². The van der Waals surface area contributed by atoms with E-state index in [0.29, 0.717) is 11.4 Å². The minimum absolute atomic E-state index is 0.0887. The Morgan fingerprint density at radius 1 is 1.47 bits per heavy atom.